The number of aliphatic hydroxyl groups excluding tert-OH is 1. The lowest BCUT2D eigenvalue weighted by Gasteiger charge is -2.22. The van der Waals surface area contributed by atoms with Gasteiger partial charge in [0.2, 0.25) is 0 Å². The van der Waals surface area contributed by atoms with Gasteiger partial charge in [-0.05, 0) is 19.9 Å². The van der Waals surface area contributed by atoms with E-state index in [0.717, 1.165) is 0 Å². The van der Waals surface area contributed by atoms with Gasteiger partial charge in [0.05, 0.1) is 11.7 Å². The zero-order valence-electron chi connectivity index (χ0n) is 7.56. The molecule has 0 unspecified atom stereocenters. The second kappa shape index (κ2) is 2.82. The molecule has 1 fully saturated rings. The van der Waals surface area contributed by atoms with E-state index in [1.165, 1.54) is 6.08 Å². The number of carbonyl (C=O) groups is 1. The molecule has 0 saturated carbocycles. The first kappa shape index (κ1) is 8.72. The highest BCUT2D eigenvalue weighted by molar-refractivity contribution is 5.91. The highest BCUT2D eigenvalue weighted by atomic mass is 16.6. The first-order valence-corrected chi connectivity index (χ1v) is 4.36. The lowest BCUT2D eigenvalue weighted by molar-refractivity contribution is -0.150. The van der Waals surface area contributed by atoms with E-state index in [4.69, 9.17) is 9.47 Å². The molecule has 2 aliphatic heterocycles. The molecule has 4 heteroatoms. The summed E-state index contributed by atoms with van der Waals surface area (Å²) in [5.41, 5.74) is 0.457. The lowest BCUT2D eigenvalue weighted by atomic mass is 10.0. The van der Waals surface area contributed by atoms with Crippen LogP contribution in [0.4, 0.5) is 0 Å². The molecule has 13 heavy (non-hydrogen) atoms. The van der Waals surface area contributed by atoms with Gasteiger partial charge in [0.25, 0.3) is 0 Å². The smallest absolute Gasteiger partial charge is 0.336 e. The minimum atomic E-state index is -0.705. The first-order valence-electron chi connectivity index (χ1n) is 4.36. The highest BCUT2D eigenvalue weighted by Gasteiger charge is 2.44. The van der Waals surface area contributed by atoms with Crippen molar-refractivity contribution in [2.24, 2.45) is 0 Å². The Morgan fingerprint density at radius 1 is 1.38 bits per heavy atom. The number of hydrogen-bond donors (Lipinski definition) is 1. The van der Waals surface area contributed by atoms with Crippen LogP contribution in [0.25, 0.3) is 0 Å². The van der Waals surface area contributed by atoms with Crippen molar-refractivity contribution >= 4 is 5.97 Å². The maximum Gasteiger partial charge on any atom is 0.336 e. The van der Waals surface area contributed by atoms with Gasteiger partial charge in [-0.1, -0.05) is 0 Å². The monoisotopic (exact) mass is 184 g/mol. The van der Waals surface area contributed by atoms with Gasteiger partial charge < -0.3 is 14.6 Å². The molecule has 0 aliphatic carbocycles. The van der Waals surface area contributed by atoms with Crippen molar-refractivity contribution in [3.05, 3.63) is 11.6 Å². The number of epoxide rings is 1. The Bertz CT molecular complexity index is 271. The summed E-state index contributed by atoms with van der Waals surface area (Å²) >= 11 is 0. The molecule has 0 bridgehead atoms. The fourth-order valence-corrected chi connectivity index (χ4v) is 1.42. The predicted molar refractivity (Wildman–Crippen MR) is 44.0 cm³/mol. The molecule has 0 radical (unpaired) electrons. The van der Waals surface area contributed by atoms with Crippen LogP contribution < -0.4 is 0 Å². The molecular formula is C9H12O4. The lowest BCUT2D eigenvalue weighted by Crippen LogP contribution is -2.34. The summed E-state index contributed by atoms with van der Waals surface area (Å²) in [6.07, 6.45) is 0.272. The van der Waals surface area contributed by atoms with Crippen molar-refractivity contribution in [2.75, 3.05) is 0 Å². The largest absolute Gasteiger partial charge is 0.456 e. The highest BCUT2D eigenvalue weighted by Crippen LogP contribution is 2.32. The van der Waals surface area contributed by atoms with E-state index in [1.54, 1.807) is 6.92 Å². The van der Waals surface area contributed by atoms with Gasteiger partial charge in [0.15, 0.2) is 0 Å². The predicted octanol–water partition coefficient (Wildman–Crippen LogP) is 0.00630. The van der Waals surface area contributed by atoms with Gasteiger partial charge in [0.1, 0.15) is 18.3 Å². The summed E-state index contributed by atoms with van der Waals surface area (Å²) in [5, 5.41) is 9.42. The van der Waals surface area contributed by atoms with Crippen molar-refractivity contribution < 1.29 is 19.4 Å². The van der Waals surface area contributed by atoms with E-state index in [0.29, 0.717) is 5.57 Å². The number of cyclic esters (lactones) is 1. The molecule has 4 nitrogen and oxygen atoms in total. The maximum absolute atomic E-state index is 11.3. The molecule has 0 spiro atoms. The van der Waals surface area contributed by atoms with Gasteiger partial charge in [-0.25, -0.2) is 4.79 Å². The number of esters is 1. The number of ether oxygens (including phenoxy) is 2. The maximum atomic E-state index is 11.3. The quantitative estimate of drug-likeness (QED) is 0.460. The fraction of sp³-hybridized carbons (Fsp3) is 0.667. The van der Waals surface area contributed by atoms with E-state index < -0.39 is 12.2 Å². The Morgan fingerprint density at radius 2 is 2.00 bits per heavy atom. The van der Waals surface area contributed by atoms with Crippen molar-refractivity contribution in [3.63, 3.8) is 0 Å². The molecule has 0 aromatic rings. The number of rotatable bonds is 1. The molecule has 2 aliphatic rings. The molecule has 2 rings (SSSR count). The second-order valence-electron chi connectivity index (χ2n) is 3.48. The van der Waals surface area contributed by atoms with Crippen LogP contribution in [-0.4, -0.2) is 35.5 Å². The van der Waals surface area contributed by atoms with Crippen LogP contribution in [0.5, 0.6) is 0 Å². The Balaban J connectivity index is 2.17. The molecule has 0 aromatic carbocycles. The fourth-order valence-electron chi connectivity index (χ4n) is 1.42. The molecule has 1 N–H and O–H groups in total. The molecule has 72 valence electrons. The molecule has 2 heterocycles. The van der Waals surface area contributed by atoms with Gasteiger partial charge >= 0.3 is 5.97 Å². The van der Waals surface area contributed by atoms with Crippen molar-refractivity contribution in [2.45, 2.75) is 38.3 Å². The van der Waals surface area contributed by atoms with E-state index in [9.17, 15) is 9.90 Å². The Labute approximate surface area is 76.1 Å². The summed E-state index contributed by atoms with van der Waals surface area (Å²) < 4.78 is 10.1. The third-order valence-corrected chi connectivity index (χ3v) is 2.38. The van der Waals surface area contributed by atoms with Crippen LogP contribution in [0.2, 0.25) is 0 Å². The summed E-state index contributed by atoms with van der Waals surface area (Å²) in [6, 6.07) is 0. The third-order valence-electron chi connectivity index (χ3n) is 2.38. The first-order chi connectivity index (χ1) is 6.09. The SMILES string of the molecule is C[C@@H]1OC(=O)C([C@H]2O[C@H]2C)=C[C@H]1O. The van der Waals surface area contributed by atoms with Gasteiger partial charge in [0, 0.05) is 0 Å². The average molecular weight is 184 g/mol. The van der Waals surface area contributed by atoms with Crippen LogP contribution >= 0.6 is 0 Å². The Morgan fingerprint density at radius 3 is 2.54 bits per heavy atom. The van der Waals surface area contributed by atoms with Crippen LogP contribution in [-0.2, 0) is 14.3 Å². The summed E-state index contributed by atoms with van der Waals surface area (Å²) in [5.74, 6) is -0.368. The molecule has 4 atom stereocenters. The summed E-state index contributed by atoms with van der Waals surface area (Å²) in [6.45, 7) is 3.54. The van der Waals surface area contributed by atoms with E-state index >= 15 is 0 Å². The number of hydrogen-bond acceptors (Lipinski definition) is 4. The number of carbonyl (C=O) groups excluding carboxylic acids is 1. The molecular weight excluding hydrogens is 172 g/mol. The van der Waals surface area contributed by atoms with Crippen molar-refractivity contribution in [1.82, 2.24) is 0 Å². The van der Waals surface area contributed by atoms with E-state index in [2.05, 4.69) is 0 Å². The van der Waals surface area contributed by atoms with Crippen LogP contribution in [0, 0.1) is 0 Å². The van der Waals surface area contributed by atoms with Crippen LogP contribution in [0.1, 0.15) is 13.8 Å². The normalized spacial score (nSPS) is 43.9. The molecule has 0 amide bonds. The minimum absolute atomic E-state index is 0.0689. The van der Waals surface area contributed by atoms with Gasteiger partial charge in [-0.2, -0.15) is 0 Å². The molecule has 0 aromatic heterocycles. The molecule has 1 saturated heterocycles. The van der Waals surface area contributed by atoms with E-state index in [1.807, 2.05) is 6.92 Å². The van der Waals surface area contributed by atoms with Gasteiger partial charge in [-0.3, -0.25) is 0 Å². The van der Waals surface area contributed by atoms with Crippen LogP contribution in [0.15, 0.2) is 11.6 Å². The summed E-state index contributed by atoms with van der Waals surface area (Å²) in [7, 11) is 0. The summed E-state index contributed by atoms with van der Waals surface area (Å²) in [4.78, 5) is 11.3. The zero-order chi connectivity index (χ0) is 9.59. The average Bonchev–Trinajstić information content (AvgIpc) is 2.75. The van der Waals surface area contributed by atoms with Gasteiger partial charge in [-0.15, -0.1) is 0 Å². The third kappa shape index (κ3) is 1.47. The van der Waals surface area contributed by atoms with E-state index in [-0.39, 0.29) is 18.2 Å². The van der Waals surface area contributed by atoms with Crippen molar-refractivity contribution in [3.8, 4) is 0 Å². The zero-order valence-corrected chi connectivity index (χ0v) is 7.56. The van der Waals surface area contributed by atoms with Crippen LogP contribution in [0.3, 0.4) is 0 Å². The number of aliphatic hydroxyl groups is 1. The van der Waals surface area contributed by atoms with Crippen molar-refractivity contribution in [1.29, 1.82) is 0 Å². The topological polar surface area (TPSA) is 59.1 Å². The second-order valence-corrected chi connectivity index (χ2v) is 3.48. The standard InChI is InChI=1S/C9H12O4/c1-4-7(10)3-6(9(11)13-4)8-5(2)12-8/h3-5,7-8,10H,1-2H3/t4-,5-,7+,8-/m0/s1. The Hall–Kier alpha value is -0.870. The Kier molecular flexibility index (Phi) is 1.89. The minimum Gasteiger partial charge on any atom is -0.456 e.